The Kier molecular flexibility index (Phi) is 2.84. The third-order valence-corrected chi connectivity index (χ3v) is 2.43. The van der Waals surface area contributed by atoms with Crippen LogP contribution < -0.4 is 0 Å². The van der Waals surface area contributed by atoms with Crippen LogP contribution in [0.2, 0.25) is 0 Å². The minimum Gasteiger partial charge on any atom is -0.379 e. The predicted molar refractivity (Wildman–Crippen MR) is 36.7 cm³/mol. The first-order chi connectivity index (χ1) is 3.93. The van der Waals surface area contributed by atoms with Gasteiger partial charge in [0, 0.05) is 13.1 Å². The van der Waals surface area contributed by atoms with E-state index in [9.17, 15) is 0 Å². The summed E-state index contributed by atoms with van der Waals surface area (Å²) in [5.41, 5.74) is 0. The Hall–Kier alpha value is 0.440. The fourth-order valence-corrected chi connectivity index (χ4v) is 1.45. The largest absolute Gasteiger partial charge is 0.379 e. The molecule has 1 aliphatic rings. The van der Waals surface area contributed by atoms with Gasteiger partial charge in [-0.25, -0.2) is 4.67 Å². The van der Waals surface area contributed by atoms with Crippen molar-refractivity contribution in [3.8, 4) is 0 Å². The van der Waals surface area contributed by atoms with E-state index in [2.05, 4.69) is 4.67 Å². The van der Waals surface area contributed by atoms with Crippen molar-refractivity contribution in [1.82, 2.24) is 4.67 Å². The molecule has 0 N–H and O–H groups in total. The Balaban J connectivity index is 2.22. The monoisotopic (exact) mass is 149 g/mol. The second-order valence-corrected chi connectivity index (χ2v) is 2.87. The van der Waals surface area contributed by atoms with Crippen molar-refractivity contribution in [3.05, 3.63) is 0 Å². The van der Waals surface area contributed by atoms with E-state index in [-0.39, 0.29) is 0 Å². The molecule has 0 aromatic heterocycles. The summed E-state index contributed by atoms with van der Waals surface area (Å²) >= 11 is 4.81. The molecule has 1 heterocycles. The van der Waals surface area contributed by atoms with E-state index >= 15 is 0 Å². The van der Waals surface area contributed by atoms with Gasteiger partial charge in [0.25, 0.3) is 0 Å². The first-order valence-electron chi connectivity index (χ1n) is 2.59. The second-order valence-electron chi connectivity index (χ2n) is 1.65. The van der Waals surface area contributed by atoms with Crippen molar-refractivity contribution in [1.29, 1.82) is 0 Å². The number of rotatable bonds is 1. The van der Waals surface area contributed by atoms with Crippen LogP contribution in [0.3, 0.4) is 0 Å². The molecule has 0 radical (unpaired) electrons. The molecule has 1 rings (SSSR count). The lowest BCUT2D eigenvalue weighted by Crippen LogP contribution is -2.28. The molecule has 4 heteroatoms. The average Bonchev–Trinajstić information content (AvgIpc) is 1.90. The minimum absolute atomic E-state index is 0.851. The van der Waals surface area contributed by atoms with Gasteiger partial charge >= 0.3 is 0 Å². The van der Waals surface area contributed by atoms with E-state index in [0.717, 1.165) is 33.8 Å². The normalized spacial score (nSPS) is 24.0. The number of morpholine rings is 1. The molecular formula is C4H8NOPS. The molecule has 46 valence electrons. The highest BCUT2D eigenvalue weighted by Gasteiger charge is 2.05. The molecular weight excluding hydrogens is 141 g/mol. The quantitative estimate of drug-likeness (QED) is 0.508. The smallest absolute Gasteiger partial charge is 0.0616 e. The lowest BCUT2D eigenvalue weighted by Gasteiger charge is -2.20. The van der Waals surface area contributed by atoms with E-state index in [1.54, 1.807) is 0 Å². The van der Waals surface area contributed by atoms with Gasteiger partial charge in [-0.3, -0.25) is 0 Å². The van der Waals surface area contributed by atoms with Crippen LogP contribution >= 0.6 is 7.51 Å². The zero-order valence-electron chi connectivity index (χ0n) is 4.54. The molecule has 0 atom stereocenters. The summed E-state index contributed by atoms with van der Waals surface area (Å²) in [6.45, 7) is 3.71. The molecule has 0 amide bonds. The third-order valence-electron chi connectivity index (χ3n) is 1.10. The lowest BCUT2D eigenvalue weighted by atomic mass is 10.5. The number of hydrogen-bond acceptors (Lipinski definition) is 2. The summed E-state index contributed by atoms with van der Waals surface area (Å²) in [7, 11) is 0.963. The van der Waals surface area contributed by atoms with Gasteiger partial charge in [-0.15, -0.1) is 0 Å². The van der Waals surface area contributed by atoms with Gasteiger partial charge in [-0.1, -0.05) is 0 Å². The average molecular weight is 149 g/mol. The zero-order valence-corrected chi connectivity index (χ0v) is 6.25. The molecule has 1 fully saturated rings. The summed E-state index contributed by atoms with van der Waals surface area (Å²) in [6.07, 6.45) is 0. The number of hydrogen-bond donors (Lipinski definition) is 0. The van der Waals surface area contributed by atoms with Crippen LogP contribution in [-0.2, 0) is 16.5 Å². The maximum Gasteiger partial charge on any atom is 0.0616 e. The Morgan fingerprint density at radius 2 is 2.00 bits per heavy atom. The summed E-state index contributed by atoms with van der Waals surface area (Å²) in [5, 5.41) is 0. The molecule has 0 aromatic rings. The van der Waals surface area contributed by atoms with Crippen LogP contribution in [0.15, 0.2) is 0 Å². The van der Waals surface area contributed by atoms with Gasteiger partial charge in [0.05, 0.1) is 20.7 Å². The van der Waals surface area contributed by atoms with Crippen LogP contribution in [0.1, 0.15) is 0 Å². The van der Waals surface area contributed by atoms with Crippen molar-refractivity contribution < 1.29 is 4.74 Å². The molecule has 1 aliphatic heterocycles. The van der Waals surface area contributed by atoms with Gasteiger partial charge in [0.15, 0.2) is 0 Å². The summed E-state index contributed by atoms with van der Waals surface area (Å²) in [5.74, 6) is 0. The van der Waals surface area contributed by atoms with E-state index < -0.39 is 0 Å². The number of ether oxygens (including phenoxy) is 1. The number of nitrogens with zero attached hydrogens (tertiary/aromatic N) is 1. The van der Waals surface area contributed by atoms with Crippen molar-refractivity contribution in [3.63, 3.8) is 0 Å². The minimum atomic E-state index is 0.851. The molecule has 8 heavy (non-hydrogen) atoms. The fourth-order valence-electron chi connectivity index (χ4n) is 0.635. The Morgan fingerprint density at radius 1 is 1.38 bits per heavy atom. The van der Waals surface area contributed by atoms with Crippen LogP contribution in [-0.4, -0.2) is 31.0 Å². The summed E-state index contributed by atoms with van der Waals surface area (Å²) in [6, 6.07) is 0. The lowest BCUT2D eigenvalue weighted by molar-refractivity contribution is 0.0768. The topological polar surface area (TPSA) is 12.5 Å². The van der Waals surface area contributed by atoms with Crippen molar-refractivity contribution in [2.45, 2.75) is 0 Å². The third kappa shape index (κ3) is 1.75. The maximum atomic E-state index is 5.11. The van der Waals surface area contributed by atoms with Crippen LogP contribution in [0.25, 0.3) is 0 Å². The van der Waals surface area contributed by atoms with Crippen LogP contribution in [0.5, 0.6) is 0 Å². The van der Waals surface area contributed by atoms with Crippen molar-refractivity contribution in [2.24, 2.45) is 0 Å². The molecule has 0 bridgehead atoms. The maximum absolute atomic E-state index is 5.11. The van der Waals surface area contributed by atoms with Gasteiger partial charge in [0.2, 0.25) is 0 Å². The Labute approximate surface area is 55.7 Å². The summed E-state index contributed by atoms with van der Waals surface area (Å²) < 4.78 is 7.29. The predicted octanol–water partition coefficient (Wildman–Crippen LogP) is 0.642. The Bertz CT molecular complexity index is 84.1. The van der Waals surface area contributed by atoms with E-state index in [1.165, 1.54) is 0 Å². The van der Waals surface area contributed by atoms with Crippen molar-refractivity contribution >= 4 is 19.3 Å². The highest BCUT2D eigenvalue weighted by Crippen LogP contribution is 2.06. The summed E-state index contributed by atoms with van der Waals surface area (Å²) in [4.78, 5) is 0. The fraction of sp³-hybridized carbons (Fsp3) is 1.00. The van der Waals surface area contributed by atoms with E-state index in [0.29, 0.717) is 0 Å². The molecule has 0 aromatic carbocycles. The van der Waals surface area contributed by atoms with Gasteiger partial charge in [0.1, 0.15) is 0 Å². The zero-order chi connectivity index (χ0) is 5.82. The molecule has 0 spiro atoms. The Morgan fingerprint density at radius 3 is 2.38 bits per heavy atom. The first-order valence-corrected chi connectivity index (χ1v) is 4.45. The van der Waals surface area contributed by atoms with Crippen LogP contribution in [0.4, 0.5) is 0 Å². The molecule has 0 saturated carbocycles. The van der Waals surface area contributed by atoms with E-state index in [4.69, 9.17) is 16.5 Å². The highest BCUT2D eigenvalue weighted by atomic mass is 32.4. The molecule has 0 unspecified atom stereocenters. The van der Waals surface area contributed by atoms with Gasteiger partial charge in [-0.2, -0.15) is 0 Å². The molecule has 1 saturated heterocycles. The van der Waals surface area contributed by atoms with Crippen molar-refractivity contribution in [2.75, 3.05) is 26.3 Å². The van der Waals surface area contributed by atoms with Gasteiger partial charge in [-0.05, 0) is 11.8 Å². The first kappa shape index (κ1) is 6.56. The standard InChI is InChI=1S/C4H8NOPS/c8-7-5-1-3-6-4-2-5/h1-4H2. The van der Waals surface area contributed by atoms with Gasteiger partial charge < -0.3 is 4.74 Å². The molecule has 0 aliphatic carbocycles. The van der Waals surface area contributed by atoms with E-state index in [1.807, 2.05) is 0 Å². The second kappa shape index (κ2) is 3.46. The SMILES string of the molecule is S=PN1CCOCC1. The van der Waals surface area contributed by atoms with Crippen LogP contribution in [0, 0.1) is 0 Å². The highest BCUT2D eigenvalue weighted by molar-refractivity contribution is 7.95. The molecule has 2 nitrogen and oxygen atoms in total.